The van der Waals surface area contributed by atoms with Gasteiger partial charge in [0.1, 0.15) is 0 Å². The minimum Gasteiger partial charge on any atom is -0.379 e. The monoisotopic (exact) mass is 507 g/mol. The van der Waals surface area contributed by atoms with Crippen molar-refractivity contribution in [2.75, 3.05) is 50.0 Å². The van der Waals surface area contributed by atoms with E-state index in [2.05, 4.69) is 4.90 Å². The number of anilines is 1. The molecule has 7 nitrogen and oxygen atoms in total. The van der Waals surface area contributed by atoms with Crippen molar-refractivity contribution in [2.45, 2.75) is 18.2 Å². The van der Waals surface area contributed by atoms with Crippen LogP contribution in [-0.2, 0) is 19.4 Å². The number of carbonyl (C=O) groups is 1. The Kier molecular flexibility index (Phi) is 7.65. The van der Waals surface area contributed by atoms with Crippen LogP contribution in [0.3, 0.4) is 0 Å². The number of amides is 1. The quantitative estimate of drug-likeness (QED) is 0.461. The third-order valence-corrected chi connectivity index (χ3v) is 8.58. The lowest BCUT2D eigenvalue weighted by atomic mass is 10.2. The highest BCUT2D eigenvalue weighted by molar-refractivity contribution is 7.91. The van der Waals surface area contributed by atoms with Gasteiger partial charge >= 0.3 is 0 Å². The van der Waals surface area contributed by atoms with Gasteiger partial charge in [-0.25, -0.2) is 13.4 Å². The fraction of sp³-hybridized carbons (Fsp3) is 0.391. The molecule has 2 aromatic carbocycles. The Morgan fingerprint density at radius 3 is 2.67 bits per heavy atom. The first-order valence-electron chi connectivity index (χ1n) is 10.8. The maximum absolute atomic E-state index is 13.3. The predicted octanol–water partition coefficient (Wildman–Crippen LogP) is 3.79. The third kappa shape index (κ3) is 5.91. The molecule has 3 aromatic rings. The number of rotatable bonds is 8. The van der Waals surface area contributed by atoms with Crippen LogP contribution < -0.4 is 4.90 Å². The Morgan fingerprint density at radius 1 is 1.21 bits per heavy atom. The second-order valence-electron chi connectivity index (χ2n) is 7.95. The van der Waals surface area contributed by atoms with E-state index in [0.29, 0.717) is 36.5 Å². The van der Waals surface area contributed by atoms with Crippen LogP contribution in [0, 0.1) is 6.92 Å². The zero-order valence-corrected chi connectivity index (χ0v) is 20.8. The number of aryl methyl sites for hydroxylation is 1. The number of sulfone groups is 1. The summed E-state index contributed by atoms with van der Waals surface area (Å²) in [5.41, 5.74) is 1.74. The molecule has 0 bridgehead atoms. The summed E-state index contributed by atoms with van der Waals surface area (Å²) >= 11 is 7.60. The van der Waals surface area contributed by atoms with Crippen molar-refractivity contribution in [3.63, 3.8) is 0 Å². The first kappa shape index (κ1) is 24.1. The van der Waals surface area contributed by atoms with Crippen molar-refractivity contribution in [2.24, 2.45) is 0 Å². The molecule has 10 heteroatoms. The second kappa shape index (κ2) is 10.5. The maximum Gasteiger partial charge on any atom is 0.229 e. The summed E-state index contributed by atoms with van der Waals surface area (Å²) in [6.45, 7) is 5.97. The molecule has 0 saturated carbocycles. The number of carbonyl (C=O) groups excluding carboxylic acids is 1. The number of benzene rings is 2. The first-order chi connectivity index (χ1) is 15.8. The summed E-state index contributed by atoms with van der Waals surface area (Å²) < 4.78 is 31.7. The van der Waals surface area contributed by atoms with E-state index in [4.69, 9.17) is 21.3 Å². The van der Waals surface area contributed by atoms with Gasteiger partial charge in [-0.1, -0.05) is 41.1 Å². The van der Waals surface area contributed by atoms with Crippen molar-refractivity contribution in [1.29, 1.82) is 0 Å². The van der Waals surface area contributed by atoms with Gasteiger partial charge in [0, 0.05) is 37.6 Å². The molecular weight excluding hydrogens is 482 g/mol. The standard InChI is InChI=1S/C23H26ClN3O4S2/c1-17-15-18(24)16-20-22(17)25-23(32-20)27(9-8-26-10-12-31-13-11-26)21(28)7-14-33(29,30)19-5-3-2-4-6-19/h2-6,15-16H,7-14H2,1H3. The Hall–Kier alpha value is -2.04. The zero-order valence-electron chi connectivity index (χ0n) is 18.4. The topological polar surface area (TPSA) is 79.8 Å². The van der Waals surface area contributed by atoms with E-state index in [-0.39, 0.29) is 23.0 Å². The van der Waals surface area contributed by atoms with Gasteiger partial charge in [0.15, 0.2) is 15.0 Å². The average Bonchev–Trinajstić information content (AvgIpc) is 3.23. The first-order valence-corrected chi connectivity index (χ1v) is 13.6. The molecule has 0 atom stereocenters. The second-order valence-corrected chi connectivity index (χ2v) is 11.5. The lowest BCUT2D eigenvalue weighted by Gasteiger charge is -2.29. The Balaban J connectivity index is 1.55. The highest BCUT2D eigenvalue weighted by atomic mass is 35.5. The summed E-state index contributed by atoms with van der Waals surface area (Å²) in [5.74, 6) is -0.509. The zero-order chi connectivity index (χ0) is 23.4. The highest BCUT2D eigenvalue weighted by Crippen LogP contribution is 2.33. The van der Waals surface area contributed by atoms with Crippen LogP contribution in [0.25, 0.3) is 10.2 Å². The van der Waals surface area contributed by atoms with Crippen LogP contribution in [0.1, 0.15) is 12.0 Å². The van der Waals surface area contributed by atoms with Gasteiger partial charge in [-0.3, -0.25) is 14.6 Å². The minimum atomic E-state index is -3.55. The Morgan fingerprint density at radius 2 is 1.94 bits per heavy atom. The SMILES string of the molecule is Cc1cc(Cl)cc2sc(N(CCN3CCOCC3)C(=O)CCS(=O)(=O)c3ccccc3)nc12. The largest absolute Gasteiger partial charge is 0.379 e. The lowest BCUT2D eigenvalue weighted by molar-refractivity contribution is -0.118. The molecule has 176 valence electrons. The number of fused-ring (bicyclic) bond motifs is 1. The molecule has 1 fully saturated rings. The smallest absolute Gasteiger partial charge is 0.229 e. The number of nitrogens with zero attached hydrogens (tertiary/aromatic N) is 3. The van der Waals surface area contributed by atoms with E-state index < -0.39 is 9.84 Å². The molecule has 1 aliphatic heterocycles. The van der Waals surface area contributed by atoms with Gasteiger partial charge in [0.2, 0.25) is 5.91 Å². The van der Waals surface area contributed by atoms with Gasteiger partial charge in [-0.15, -0.1) is 0 Å². The van der Waals surface area contributed by atoms with Crippen LogP contribution in [0.4, 0.5) is 5.13 Å². The van der Waals surface area contributed by atoms with E-state index >= 15 is 0 Å². The fourth-order valence-electron chi connectivity index (χ4n) is 3.75. The molecule has 0 radical (unpaired) electrons. The summed E-state index contributed by atoms with van der Waals surface area (Å²) in [7, 11) is -3.55. The maximum atomic E-state index is 13.3. The van der Waals surface area contributed by atoms with E-state index in [0.717, 1.165) is 28.9 Å². The predicted molar refractivity (Wildman–Crippen MR) is 132 cm³/mol. The van der Waals surface area contributed by atoms with Gasteiger partial charge < -0.3 is 4.74 Å². The summed E-state index contributed by atoms with van der Waals surface area (Å²) in [6, 6.07) is 11.9. The molecule has 1 saturated heterocycles. The van der Waals surface area contributed by atoms with Crippen LogP contribution in [0.2, 0.25) is 5.02 Å². The van der Waals surface area contributed by atoms with E-state index in [1.165, 1.54) is 11.3 Å². The molecule has 1 aromatic heterocycles. The number of aromatic nitrogens is 1. The number of halogens is 1. The van der Waals surface area contributed by atoms with E-state index in [1.807, 2.05) is 19.1 Å². The molecule has 0 N–H and O–H groups in total. The molecular formula is C23H26ClN3O4S2. The van der Waals surface area contributed by atoms with E-state index in [9.17, 15) is 13.2 Å². The van der Waals surface area contributed by atoms with E-state index in [1.54, 1.807) is 35.2 Å². The van der Waals surface area contributed by atoms with Crippen LogP contribution in [-0.4, -0.2) is 69.4 Å². The Bertz CT molecular complexity index is 1230. The molecule has 4 rings (SSSR count). The van der Waals surface area contributed by atoms with Gasteiger partial charge in [0.25, 0.3) is 0 Å². The third-order valence-electron chi connectivity index (χ3n) is 5.60. The number of hydrogen-bond acceptors (Lipinski definition) is 7. The molecule has 33 heavy (non-hydrogen) atoms. The highest BCUT2D eigenvalue weighted by Gasteiger charge is 2.24. The number of thiazole rings is 1. The van der Waals surface area contributed by atoms with Crippen molar-refractivity contribution in [1.82, 2.24) is 9.88 Å². The molecule has 0 unspecified atom stereocenters. The molecule has 1 aliphatic rings. The van der Waals surface area contributed by atoms with Crippen LogP contribution in [0.5, 0.6) is 0 Å². The van der Waals surface area contributed by atoms with Crippen molar-refractivity contribution >= 4 is 54.0 Å². The van der Waals surface area contributed by atoms with Gasteiger partial charge in [0.05, 0.1) is 34.1 Å². The number of hydrogen-bond donors (Lipinski definition) is 0. The lowest BCUT2D eigenvalue weighted by Crippen LogP contribution is -2.43. The molecule has 2 heterocycles. The van der Waals surface area contributed by atoms with Crippen LogP contribution >= 0.6 is 22.9 Å². The van der Waals surface area contributed by atoms with Gasteiger partial charge in [-0.05, 0) is 36.8 Å². The summed E-state index contributed by atoms with van der Waals surface area (Å²) in [6.07, 6.45) is -0.115. The Labute approximate surface area is 202 Å². The summed E-state index contributed by atoms with van der Waals surface area (Å²) in [5, 5.41) is 1.18. The molecule has 0 aliphatic carbocycles. The van der Waals surface area contributed by atoms with Gasteiger partial charge in [-0.2, -0.15) is 0 Å². The van der Waals surface area contributed by atoms with Crippen molar-refractivity contribution < 1.29 is 17.9 Å². The number of morpholine rings is 1. The number of ether oxygens (including phenoxy) is 1. The average molecular weight is 508 g/mol. The van der Waals surface area contributed by atoms with Crippen LogP contribution in [0.15, 0.2) is 47.4 Å². The summed E-state index contributed by atoms with van der Waals surface area (Å²) in [4.78, 5) is 22.1. The minimum absolute atomic E-state index is 0.115. The van der Waals surface area contributed by atoms with Crippen molar-refractivity contribution in [3.8, 4) is 0 Å². The van der Waals surface area contributed by atoms with Crippen molar-refractivity contribution in [3.05, 3.63) is 53.1 Å². The fourth-order valence-corrected chi connectivity index (χ4v) is 6.47. The molecule has 1 amide bonds. The molecule has 0 spiro atoms. The normalized spacial score (nSPS) is 15.1.